The predicted molar refractivity (Wildman–Crippen MR) is 148 cm³/mol. The molecule has 1 heterocycles. The molecule has 3 aromatic carbocycles. The van der Waals surface area contributed by atoms with Gasteiger partial charge in [0.1, 0.15) is 18.2 Å². The summed E-state index contributed by atoms with van der Waals surface area (Å²) >= 11 is 0. The van der Waals surface area contributed by atoms with Gasteiger partial charge in [0, 0.05) is 18.0 Å². The number of rotatable bonds is 9. The van der Waals surface area contributed by atoms with E-state index >= 15 is 0 Å². The van der Waals surface area contributed by atoms with E-state index in [4.69, 9.17) is 9.84 Å². The Labute approximate surface area is 222 Å². The zero-order chi connectivity index (χ0) is 27.3. The maximum absolute atomic E-state index is 13.5. The van der Waals surface area contributed by atoms with Crippen LogP contribution in [0, 0.1) is 5.41 Å². The summed E-state index contributed by atoms with van der Waals surface area (Å²) in [7, 11) is 0. The number of pyridine rings is 1. The van der Waals surface area contributed by atoms with Gasteiger partial charge in [-0.25, -0.2) is 9.78 Å². The fraction of sp³-hybridized carbons (Fsp3) is 0.258. The van der Waals surface area contributed by atoms with Crippen LogP contribution in [0.15, 0.2) is 79.0 Å². The van der Waals surface area contributed by atoms with Crippen LogP contribution in [0.5, 0.6) is 5.75 Å². The van der Waals surface area contributed by atoms with Crippen molar-refractivity contribution in [2.75, 3.05) is 18.1 Å². The normalized spacial score (nSPS) is 11.4. The second-order valence-corrected chi connectivity index (χ2v) is 10.4. The minimum atomic E-state index is -1.00. The Morgan fingerprint density at radius 2 is 1.58 bits per heavy atom. The molecular formula is C31H32N2O5. The quantitative estimate of drug-likeness (QED) is 0.288. The lowest BCUT2D eigenvalue weighted by molar-refractivity contribution is -0.120. The number of hydrogen-bond acceptors (Lipinski definition) is 5. The van der Waals surface area contributed by atoms with Crippen molar-refractivity contribution in [1.82, 2.24) is 4.98 Å². The van der Waals surface area contributed by atoms with Crippen LogP contribution in [0.1, 0.15) is 43.1 Å². The Morgan fingerprint density at radius 1 is 0.921 bits per heavy atom. The molecule has 2 N–H and O–H groups in total. The molecule has 0 spiro atoms. The molecule has 0 saturated carbocycles. The lowest BCUT2D eigenvalue weighted by atomic mass is 9.91. The van der Waals surface area contributed by atoms with Crippen LogP contribution in [0.4, 0.5) is 5.82 Å². The molecule has 0 aliphatic carbocycles. The topological polar surface area (TPSA) is 100.0 Å². The first-order chi connectivity index (χ1) is 18.1. The SMILES string of the molecule is CC(C)(C)CC(=O)N(Cc1ccc(-c2ccc(OCCO)cc2)cc1)c1nccc2cc(C(=O)O)ccc12. The molecule has 0 bridgehead atoms. The highest BCUT2D eigenvalue weighted by Gasteiger charge is 2.25. The third-order valence-electron chi connectivity index (χ3n) is 6.07. The molecule has 0 fully saturated rings. The molecule has 0 saturated heterocycles. The van der Waals surface area contributed by atoms with E-state index in [-0.39, 0.29) is 30.1 Å². The van der Waals surface area contributed by atoms with Crippen LogP contribution in [-0.4, -0.2) is 40.3 Å². The molecule has 7 nitrogen and oxygen atoms in total. The summed E-state index contributed by atoms with van der Waals surface area (Å²) in [5.41, 5.74) is 2.97. The first-order valence-electron chi connectivity index (χ1n) is 12.5. The summed E-state index contributed by atoms with van der Waals surface area (Å²) in [6.07, 6.45) is 1.94. The number of amides is 1. The highest BCUT2D eigenvalue weighted by molar-refractivity contribution is 6.04. The van der Waals surface area contributed by atoms with Gasteiger partial charge in [0.25, 0.3) is 0 Å². The van der Waals surface area contributed by atoms with Gasteiger partial charge in [-0.05, 0) is 63.9 Å². The number of carbonyl (C=O) groups excluding carboxylic acids is 1. The lowest BCUT2D eigenvalue weighted by Gasteiger charge is -2.27. The Morgan fingerprint density at radius 3 is 2.18 bits per heavy atom. The van der Waals surface area contributed by atoms with Crippen LogP contribution in [0.25, 0.3) is 21.9 Å². The van der Waals surface area contributed by atoms with Crippen molar-refractivity contribution < 1.29 is 24.5 Å². The Kier molecular flexibility index (Phi) is 8.08. The maximum atomic E-state index is 13.5. The number of aliphatic hydroxyl groups excluding tert-OH is 1. The highest BCUT2D eigenvalue weighted by Crippen LogP contribution is 2.30. The largest absolute Gasteiger partial charge is 0.491 e. The zero-order valence-corrected chi connectivity index (χ0v) is 21.8. The molecule has 38 heavy (non-hydrogen) atoms. The number of fused-ring (bicyclic) bond motifs is 1. The standard InChI is InChI=1S/C31H32N2O5/c1-31(2,3)19-28(35)33(29-27-13-10-25(30(36)37)18-24(27)14-15-32-29)20-21-4-6-22(7-5-21)23-8-11-26(12-9-23)38-17-16-34/h4-15,18,34H,16-17,19-20H2,1-3H3,(H,36,37). The number of hydrogen-bond donors (Lipinski definition) is 2. The van der Waals surface area contributed by atoms with Gasteiger partial charge in [0.05, 0.1) is 18.7 Å². The van der Waals surface area contributed by atoms with E-state index in [0.717, 1.165) is 22.1 Å². The van der Waals surface area contributed by atoms with Crippen LogP contribution in [0.3, 0.4) is 0 Å². The van der Waals surface area contributed by atoms with Crippen molar-refractivity contribution in [2.24, 2.45) is 5.41 Å². The molecule has 4 aromatic rings. The van der Waals surface area contributed by atoms with Gasteiger partial charge in [0.15, 0.2) is 0 Å². The third kappa shape index (κ3) is 6.55. The minimum absolute atomic E-state index is 0.0316. The highest BCUT2D eigenvalue weighted by atomic mass is 16.5. The molecule has 1 aromatic heterocycles. The van der Waals surface area contributed by atoms with E-state index in [1.165, 1.54) is 6.07 Å². The second-order valence-electron chi connectivity index (χ2n) is 10.4. The average molecular weight is 513 g/mol. The van der Waals surface area contributed by atoms with Crippen molar-refractivity contribution >= 4 is 28.5 Å². The summed E-state index contributed by atoms with van der Waals surface area (Å²) in [6, 6.07) is 22.3. The average Bonchev–Trinajstić information content (AvgIpc) is 2.89. The molecule has 0 radical (unpaired) electrons. The van der Waals surface area contributed by atoms with Crippen LogP contribution >= 0.6 is 0 Å². The number of aromatic nitrogens is 1. The summed E-state index contributed by atoms with van der Waals surface area (Å²) < 4.78 is 5.43. The fourth-order valence-corrected chi connectivity index (χ4v) is 4.23. The minimum Gasteiger partial charge on any atom is -0.491 e. The van der Waals surface area contributed by atoms with Gasteiger partial charge in [-0.15, -0.1) is 0 Å². The van der Waals surface area contributed by atoms with Crippen molar-refractivity contribution in [3.8, 4) is 16.9 Å². The van der Waals surface area contributed by atoms with Gasteiger partial charge >= 0.3 is 5.97 Å². The number of carboxylic acid groups (broad SMARTS) is 1. The number of carbonyl (C=O) groups is 2. The Hall–Kier alpha value is -4.23. The van der Waals surface area contributed by atoms with Crippen LogP contribution in [-0.2, 0) is 11.3 Å². The number of ether oxygens (including phenoxy) is 1. The number of carboxylic acids is 1. The molecule has 0 atom stereocenters. The van der Waals surface area contributed by atoms with Gasteiger partial charge in [-0.2, -0.15) is 0 Å². The number of aromatic carboxylic acids is 1. The summed E-state index contributed by atoms with van der Waals surface area (Å²) in [5.74, 6) is 0.155. The van der Waals surface area contributed by atoms with Crippen molar-refractivity contribution in [2.45, 2.75) is 33.7 Å². The maximum Gasteiger partial charge on any atom is 0.335 e. The predicted octanol–water partition coefficient (Wildman–Crippen LogP) is 5.94. The number of nitrogens with zero attached hydrogens (tertiary/aromatic N) is 2. The lowest BCUT2D eigenvalue weighted by Crippen LogP contribution is -2.34. The Balaban J connectivity index is 1.64. The van der Waals surface area contributed by atoms with Gasteiger partial charge in [0.2, 0.25) is 5.91 Å². The van der Waals surface area contributed by atoms with Crippen LogP contribution in [0.2, 0.25) is 0 Å². The fourth-order valence-electron chi connectivity index (χ4n) is 4.23. The molecule has 0 aliphatic rings. The van der Waals surface area contributed by atoms with E-state index in [9.17, 15) is 14.7 Å². The van der Waals surface area contributed by atoms with Gasteiger partial charge < -0.3 is 14.9 Å². The first-order valence-corrected chi connectivity index (χ1v) is 12.5. The van der Waals surface area contributed by atoms with E-state index < -0.39 is 5.97 Å². The molecule has 0 unspecified atom stereocenters. The molecule has 0 aliphatic heterocycles. The van der Waals surface area contributed by atoms with Gasteiger partial charge in [-0.3, -0.25) is 9.69 Å². The number of benzene rings is 3. The van der Waals surface area contributed by atoms with E-state index in [1.807, 2.05) is 69.3 Å². The molecule has 4 rings (SSSR count). The molecule has 196 valence electrons. The summed E-state index contributed by atoms with van der Waals surface area (Å²) in [5, 5.41) is 19.7. The monoisotopic (exact) mass is 512 g/mol. The van der Waals surface area contributed by atoms with Gasteiger partial charge in [-0.1, -0.05) is 57.2 Å². The number of aliphatic hydroxyl groups is 1. The van der Waals surface area contributed by atoms with Crippen molar-refractivity contribution in [3.63, 3.8) is 0 Å². The Bertz CT molecular complexity index is 1420. The smallest absolute Gasteiger partial charge is 0.335 e. The summed E-state index contributed by atoms with van der Waals surface area (Å²) in [6.45, 7) is 6.62. The van der Waals surface area contributed by atoms with E-state index in [2.05, 4.69) is 4.98 Å². The number of anilines is 1. The summed E-state index contributed by atoms with van der Waals surface area (Å²) in [4.78, 5) is 31.2. The van der Waals surface area contributed by atoms with Crippen molar-refractivity contribution in [3.05, 3.63) is 90.1 Å². The van der Waals surface area contributed by atoms with Crippen molar-refractivity contribution in [1.29, 1.82) is 0 Å². The van der Waals surface area contributed by atoms with E-state index in [0.29, 0.717) is 29.9 Å². The second kappa shape index (κ2) is 11.4. The third-order valence-corrected chi connectivity index (χ3v) is 6.07. The zero-order valence-electron chi connectivity index (χ0n) is 21.8. The van der Waals surface area contributed by atoms with Crippen LogP contribution < -0.4 is 9.64 Å². The molecule has 7 heteroatoms. The van der Waals surface area contributed by atoms with E-state index in [1.54, 1.807) is 29.3 Å². The molecular weight excluding hydrogens is 480 g/mol. The first kappa shape index (κ1) is 26.8. The molecule has 1 amide bonds.